The van der Waals surface area contributed by atoms with E-state index in [9.17, 15) is 0 Å². The second kappa shape index (κ2) is 7.21. The van der Waals surface area contributed by atoms with Gasteiger partial charge < -0.3 is 13.6 Å². The van der Waals surface area contributed by atoms with Gasteiger partial charge in [0.15, 0.2) is 0 Å². The molecule has 0 spiro atoms. The molecule has 0 N–H and O–H groups in total. The van der Waals surface area contributed by atoms with E-state index >= 15 is 0 Å². The van der Waals surface area contributed by atoms with Gasteiger partial charge in [0.25, 0.3) is 5.22 Å². The van der Waals surface area contributed by atoms with Crippen LogP contribution in [0, 0.1) is 6.92 Å². The van der Waals surface area contributed by atoms with E-state index in [1.165, 1.54) is 11.8 Å². The fourth-order valence-corrected chi connectivity index (χ4v) is 3.36. The molecule has 0 fully saturated rings. The SMILES string of the molecule is COc1ccc(Cc2nnc(SCc3cn4cccc(C)c4n3)o2)cc1. The number of hydrogen-bond donors (Lipinski definition) is 0. The van der Waals surface area contributed by atoms with E-state index in [0.717, 1.165) is 28.2 Å². The Morgan fingerprint density at radius 1 is 1.15 bits per heavy atom. The van der Waals surface area contributed by atoms with E-state index in [0.29, 0.717) is 23.3 Å². The Morgan fingerprint density at radius 2 is 2.00 bits per heavy atom. The third-order valence-corrected chi connectivity index (χ3v) is 4.89. The molecule has 0 saturated heterocycles. The first-order chi connectivity index (χ1) is 12.7. The third-order valence-electron chi connectivity index (χ3n) is 4.03. The average molecular weight is 366 g/mol. The van der Waals surface area contributed by atoms with E-state index in [4.69, 9.17) is 9.15 Å². The van der Waals surface area contributed by atoms with Crippen molar-refractivity contribution in [3.63, 3.8) is 0 Å². The summed E-state index contributed by atoms with van der Waals surface area (Å²) in [4.78, 5) is 4.66. The molecule has 0 aliphatic carbocycles. The zero-order valence-electron chi connectivity index (χ0n) is 14.5. The maximum Gasteiger partial charge on any atom is 0.276 e. The molecule has 6 nitrogen and oxygen atoms in total. The highest BCUT2D eigenvalue weighted by Crippen LogP contribution is 2.23. The molecule has 7 heteroatoms. The second-order valence-corrected chi connectivity index (χ2v) is 6.86. The maximum absolute atomic E-state index is 5.74. The van der Waals surface area contributed by atoms with Gasteiger partial charge in [0.2, 0.25) is 5.89 Å². The van der Waals surface area contributed by atoms with Crippen molar-refractivity contribution in [2.24, 2.45) is 0 Å². The number of aromatic nitrogens is 4. The van der Waals surface area contributed by atoms with E-state index in [2.05, 4.69) is 28.2 Å². The Labute approximate surface area is 155 Å². The highest BCUT2D eigenvalue weighted by molar-refractivity contribution is 7.98. The molecule has 0 radical (unpaired) electrons. The standard InChI is InChI=1S/C19H18N4O2S/c1-13-4-3-9-23-11-15(20-18(13)23)12-26-19-22-21-17(25-19)10-14-5-7-16(24-2)8-6-14/h3-9,11H,10,12H2,1-2H3. The Kier molecular flexibility index (Phi) is 4.62. The van der Waals surface area contributed by atoms with Crippen molar-refractivity contribution < 1.29 is 9.15 Å². The van der Waals surface area contributed by atoms with Crippen molar-refractivity contribution in [1.29, 1.82) is 0 Å². The predicted octanol–water partition coefficient (Wildman–Crippen LogP) is 3.92. The second-order valence-electron chi connectivity index (χ2n) is 5.93. The van der Waals surface area contributed by atoms with Crippen LogP contribution in [-0.4, -0.2) is 26.7 Å². The maximum atomic E-state index is 5.74. The van der Waals surface area contributed by atoms with Crippen LogP contribution in [0.4, 0.5) is 0 Å². The minimum Gasteiger partial charge on any atom is -0.497 e. The quantitative estimate of drug-likeness (QED) is 0.482. The third kappa shape index (κ3) is 3.57. The van der Waals surface area contributed by atoms with Crippen molar-refractivity contribution in [3.8, 4) is 5.75 Å². The molecule has 3 aromatic heterocycles. The van der Waals surface area contributed by atoms with E-state index < -0.39 is 0 Å². The van der Waals surface area contributed by atoms with Crippen molar-refractivity contribution in [2.75, 3.05) is 7.11 Å². The van der Waals surface area contributed by atoms with Crippen LogP contribution in [-0.2, 0) is 12.2 Å². The van der Waals surface area contributed by atoms with E-state index in [-0.39, 0.29) is 0 Å². The number of fused-ring (bicyclic) bond motifs is 1. The normalized spacial score (nSPS) is 11.2. The van der Waals surface area contributed by atoms with Crippen LogP contribution in [0.1, 0.15) is 22.7 Å². The van der Waals surface area contributed by atoms with Crippen LogP contribution in [0.2, 0.25) is 0 Å². The summed E-state index contributed by atoms with van der Waals surface area (Å²) in [6.07, 6.45) is 4.64. The first kappa shape index (κ1) is 16.7. The number of imidazole rings is 1. The molecule has 0 atom stereocenters. The lowest BCUT2D eigenvalue weighted by Gasteiger charge is -2.00. The summed E-state index contributed by atoms with van der Waals surface area (Å²) >= 11 is 1.50. The molecule has 1 aromatic carbocycles. The Morgan fingerprint density at radius 3 is 2.77 bits per heavy atom. The Bertz CT molecular complexity index is 1020. The average Bonchev–Trinajstić information content (AvgIpc) is 3.28. The van der Waals surface area contributed by atoms with Gasteiger partial charge in [0, 0.05) is 18.1 Å². The molecule has 0 saturated carbocycles. The summed E-state index contributed by atoms with van der Waals surface area (Å²) in [5.74, 6) is 2.12. The molecule has 0 aliphatic rings. The summed E-state index contributed by atoms with van der Waals surface area (Å²) in [6.45, 7) is 2.06. The molecule has 0 amide bonds. The van der Waals surface area contributed by atoms with Gasteiger partial charge in [0.1, 0.15) is 11.4 Å². The van der Waals surface area contributed by atoms with Crippen molar-refractivity contribution >= 4 is 17.4 Å². The number of nitrogens with zero attached hydrogens (tertiary/aromatic N) is 4. The molecule has 0 aliphatic heterocycles. The lowest BCUT2D eigenvalue weighted by molar-refractivity contribution is 0.413. The number of benzene rings is 1. The van der Waals surface area contributed by atoms with E-state index in [1.54, 1.807) is 7.11 Å². The number of hydrogen-bond acceptors (Lipinski definition) is 6. The Hall–Kier alpha value is -2.80. The fourth-order valence-electron chi connectivity index (χ4n) is 2.70. The van der Waals surface area contributed by atoms with Crippen molar-refractivity contribution in [1.82, 2.24) is 19.6 Å². The Balaban J connectivity index is 1.40. The zero-order chi connectivity index (χ0) is 17.9. The summed E-state index contributed by atoms with van der Waals surface area (Å²) < 4.78 is 12.9. The van der Waals surface area contributed by atoms with Gasteiger partial charge in [-0.05, 0) is 36.2 Å². The highest BCUT2D eigenvalue weighted by atomic mass is 32.2. The number of thioether (sulfide) groups is 1. The first-order valence-corrected chi connectivity index (χ1v) is 9.21. The molecule has 0 bridgehead atoms. The monoisotopic (exact) mass is 366 g/mol. The fraction of sp³-hybridized carbons (Fsp3) is 0.211. The van der Waals surface area contributed by atoms with Gasteiger partial charge in [-0.15, -0.1) is 10.2 Å². The lowest BCUT2D eigenvalue weighted by atomic mass is 10.1. The molecule has 4 aromatic rings. The lowest BCUT2D eigenvalue weighted by Crippen LogP contribution is -1.89. The summed E-state index contributed by atoms with van der Waals surface area (Å²) in [7, 11) is 1.65. The number of methoxy groups -OCH3 is 1. The van der Waals surface area contributed by atoms with Gasteiger partial charge in [-0.25, -0.2) is 4.98 Å². The topological polar surface area (TPSA) is 65.5 Å². The van der Waals surface area contributed by atoms with Crippen LogP contribution < -0.4 is 4.74 Å². The van der Waals surface area contributed by atoms with Crippen LogP contribution in [0.15, 0.2) is 58.4 Å². The van der Waals surface area contributed by atoms with Crippen LogP contribution >= 0.6 is 11.8 Å². The minimum absolute atomic E-state index is 0.558. The number of pyridine rings is 1. The molecular formula is C19H18N4O2S. The minimum atomic E-state index is 0.558. The number of ether oxygens (including phenoxy) is 1. The first-order valence-electron chi connectivity index (χ1n) is 8.22. The summed E-state index contributed by atoms with van der Waals surface area (Å²) in [5, 5.41) is 8.81. The molecule has 3 heterocycles. The van der Waals surface area contributed by atoms with Gasteiger partial charge in [-0.3, -0.25) is 0 Å². The van der Waals surface area contributed by atoms with Gasteiger partial charge >= 0.3 is 0 Å². The van der Waals surface area contributed by atoms with Gasteiger partial charge in [-0.1, -0.05) is 30.0 Å². The van der Waals surface area contributed by atoms with Crippen LogP contribution in [0.25, 0.3) is 5.65 Å². The summed E-state index contributed by atoms with van der Waals surface area (Å²) in [5.41, 5.74) is 4.22. The van der Waals surface area contributed by atoms with E-state index in [1.807, 2.05) is 47.1 Å². The number of aryl methyl sites for hydroxylation is 1. The predicted molar refractivity (Wildman–Crippen MR) is 99.6 cm³/mol. The molecule has 0 unspecified atom stereocenters. The molecule has 26 heavy (non-hydrogen) atoms. The molecule has 132 valence electrons. The van der Waals surface area contributed by atoms with Gasteiger partial charge in [0.05, 0.1) is 19.2 Å². The molecule has 4 rings (SSSR count). The largest absolute Gasteiger partial charge is 0.497 e. The number of rotatable bonds is 6. The van der Waals surface area contributed by atoms with Crippen LogP contribution in [0.5, 0.6) is 5.75 Å². The summed E-state index contributed by atoms with van der Waals surface area (Å²) in [6, 6.07) is 11.9. The van der Waals surface area contributed by atoms with Crippen molar-refractivity contribution in [3.05, 3.63) is 71.5 Å². The van der Waals surface area contributed by atoms with Crippen molar-refractivity contribution in [2.45, 2.75) is 24.3 Å². The zero-order valence-corrected chi connectivity index (χ0v) is 15.4. The highest BCUT2D eigenvalue weighted by Gasteiger charge is 2.10. The van der Waals surface area contributed by atoms with Crippen LogP contribution in [0.3, 0.4) is 0 Å². The smallest absolute Gasteiger partial charge is 0.276 e. The van der Waals surface area contributed by atoms with Gasteiger partial charge in [-0.2, -0.15) is 0 Å². The molecular weight excluding hydrogens is 348 g/mol.